The van der Waals surface area contributed by atoms with E-state index in [9.17, 15) is 9.18 Å². The van der Waals surface area contributed by atoms with E-state index >= 15 is 0 Å². The van der Waals surface area contributed by atoms with Crippen LogP contribution in [0, 0.1) is 5.82 Å². The number of amides is 1. The van der Waals surface area contributed by atoms with Crippen LogP contribution in [0.4, 0.5) is 4.39 Å². The number of halogens is 1. The average molecular weight is 290 g/mol. The average Bonchev–Trinajstić information content (AvgIpc) is 2.92. The molecule has 0 atom stereocenters. The minimum atomic E-state index is -0.283. The number of carbonyl (C=O) groups is 1. The van der Waals surface area contributed by atoms with Crippen LogP contribution in [-0.2, 0) is 9.63 Å². The summed E-state index contributed by atoms with van der Waals surface area (Å²) < 4.78 is 13.0. The molecule has 2 heterocycles. The van der Waals surface area contributed by atoms with Crippen LogP contribution in [0.2, 0.25) is 0 Å². The third kappa shape index (κ3) is 2.77. The maximum absolute atomic E-state index is 13.0. The maximum Gasteiger partial charge on any atom is 0.222 e. The molecular formula is C16H19FN2O2. The van der Waals surface area contributed by atoms with E-state index in [-0.39, 0.29) is 17.3 Å². The van der Waals surface area contributed by atoms with Crippen LogP contribution in [0.5, 0.6) is 0 Å². The summed E-state index contributed by atoms with van der Waals surface area (Å²) in [6.45, 7) is 3.33. The standard InChI is InChI=1S/C16H19FN2O2/c1-2-15(20)19-9-7-16(8-10-19)11-14(18-21-16)12-3-5-13(17)6-4-12/h3-6H,2,7-11H2,1H3. The molecule has 0 N–H and O–H groups in total. The molecule has 21 heavy (non-hydrogen) atoms. The lowest BCUT2D eigenvalue weighted by Crippen LogP contribution is -2.46. The summed E-state index contributed by atoms with van der Waals surface area (Å²) in [5.74, 6) is -0.0538. The Balaban J connectivity index is 1.64. The zero-order valence-electron chi connectivity index (χ0n) is 12.1. The smallest absolute Gasteiger partial charge is 0.222 e. The molecule has 0 unspecified atom stereocenters. The molecule has 0 bridgehead atoms. The highest BCUT2D eigenvalue weighted by Crippen LogP contribution is 2.36. The van der Waals surface area contributed by atoms with Crippen LogP contribution in [0.15, 0.2) is 29.4 Å². The number of nitrogens with zero attached hydrogens (tertiary/aromatic N) is 2. The first-order valence-electron chi connectivity index (χ1n) is 7.41. The van der Waals surface area contributed by atoms with E-state index in [2.05, 4.69) is 5.16 Å². The highest BCUT2D eigenvalue weighted by molar-refractivity contribution is 6.01. The number of hydrogen-bond donors (Lipinski definition) is 0. The molecule has 5 heteroatoms. The molecule has 1 amide bonds. The van der Waals surface area contributed by atoms with Crippen LogP contribution < -0.4 is 0 Å². The Morgan fingerprint density at radius 3 is 2.62 bits per heavy atom. The van der Waals surface area contributed by atoms with E-state index in [4.69, 9.17) is 4.84 Å². The minimum absolute atomic E-state index is 0.197. The summed E-state index contributed by atoms with van der Waals surface area (Å²) in [6, 6.07) is 6.33. The van der Waals surface area contributed by atoms with Crippen molar-refractivity contribution in [1.82, 2.24) is 4.90 Å². The number of piperidine rings is 1. The number of oxime groups is 1. The predicted octanol–water partition coefficient (Wildman–Crippen LogP) is 2.72. The van der Waals surface area contributed by atoms with Gasteiger partial charge in [-0.3, -0.25) is 4.79 Å². The second-order valence-electron chi connectivity index (χ2n) is 5.73. The van der Waals surface area contributed by atoms with E-state index in [0.29, 0.717) is 6.42 Å². The third-order valence-corrected chi connectivity index (χ3v) is 4.35. The quantitative estimate of drug-likeness (QED) is 0.840. The fourth-order valence-corrected chi connectivity index (χ4v) is 2.97. The molecule has 2 aliphatic rings. The molecule has 1 fully saturated rings. The van der Waals surface area contributed by atoms with Crippen molar-refractivity contribution in [1.29, 1.82) is 0 Å². The second kappa shape index (κ2) is 5.47. The van der Waals surface area contributed by atoms with Gasteiger partial charge in [0.15, 0.2) is 0 Å². The van der Waals surface area contributed by atoms with E-state index < -0.39 is 0 Å². The number of carbonyl (C=O) groups excluding carboxylic acids is 1. The fourth-order valence-electron chi connectivity index (χ4n) is 2.97. The Hall–Kier alpha value is -1.91. The zero-order chi connectivity index (χ0) is 14.9. The van der Waals surface area contributed by atoms with Gasteiger partial charge in [-0.25, -0.2) is 4.39 Å². The second-order valence-corrected chi connectivity index (χ2v) is 5.73. The molecule has 0 radical (unpaired) electrons. The molecule has 0 aliphatic carbocycles. The first-order valence-corrected chi connectivity index (χ1v) is 7.41. The molecule has 2 aliphatic heterocycles. The highest BCUT2D eigenvalue weighted by atomic mass is 19.1. The van der Waals surface area contributed by atoms with E-state index in [1.54, 1.807) is 12.1 Å². The van der Waals surface area contributed by atoms with Crippen molar-refractivity contribution in [2.75, 3.05) is 13.1 Å². The normalized spacial score (nSPS) is 20.3. The van der Waals surface area contributed by atoms with E-state index in [1.807, 2.05) is 11.8 Å². The lowest BCUT2D eigenvalue weighted by atomic mass is 9.85. The first kappa shape index (κ1) is 14.0. The number of benzene rings is 1. The number of hydrogen-bond acceptors (Lipinski definition) is 3. The molecular weight excluding hydrogens is 271 g/mol. The number of rotatable bonds is 2. The number of likely N-dealkylation sites (tertiary alicyclic amines) is 1. The van der Waals surface area contributed by atoms with Gasteiger partial charge < -0.3 is 9.74 Å². The Morgan fingerprint density at radius 2 is 2.00 bits per heavy atom. The molecule has 4 nitrogen and oxygen atoms in total. The van der Waals surface area contributed by atoms with Crippen LogP contribution in [0.25, 0.3) is 0 Å². The van der Waals surface area contributed by atoms with Gasteiger partial charge in [-0.15, -0.1) is 0 Å². The van der Waals surface area contributed by atoms with Crippen molar-refractivity contribution in [2.45, 2.75) is 38.2 Å². The molecule has 1 saturated heterocycles. The topological polar surface area (TPSA) is 41.9 Å². The van der Waals surface area contributed by atoms with Crippen molar-refractivity contribution in [3.8, 4) is 0 Å². The van der Waals surface area contributed by atoms with Crippen LogP contribution in [0.3, 0.4) is 0 Å². The van der Waals surface area contributed by atoms with E-state index in [1.165, 1.54) is 12.1 Å². The van der Waals surface area contributed by atoms with Gasteiger partial charge >= 0.3 is 0 Å². The Bertz CT molecular complexity index is 560. The monoisotopic (exact) mass is 290 g/mol. The largest absolute Gasteiger partial charge is 0.388 e. The highest BCUT2D eigenvalue weighted by Gasteiger charge is 2.42. The van der Waals surface area contributed by atoms with Crippen molar-refractivity contribution >= 4 is 11.6 Å². The van der Waals surface area contributed by atoms with E-state index in [0.717, 1.165) is 43.6 Å². The molecule has 1 aromatic rings. The van der Waals surface area contributed by atoms with Gasteiger partial charge in [-0.1, -0.05) is 24.2 Å². The summed E-state index contributed by atoms with van der Waals surface area (Å²) in [4.78, 5) is 19.3. The van der Waals surface area contributed by atoms with Crippen LogP contribution in [-0.4, -0.2) is 35.2 Å². The molecule has 1 spiro atoms. The van der Waals surface area contributed by atoms with Gasteiger partial charge in [-0.05, 0) is 17.7 Å². The van der Waals surface area contributed by atoms with Crippen molar-refractivity contribution in [3.63, 3.8) is 0 Å². The summed E-state index contributed by atoms with van der Waals surface area (Å²) in [5, 5.41) is 4.19. The van der Waals surface area contributed by atoms with Gasteiger partial charge in [0.2, 0.25) is 5.91 Å². The Kier molecular flexibility index (Phi) is 3.66. The van der Waals surface area contributed by atoms with Gasteiger partial charge in [0.1, 0.15) is 11.4 Å². The zero-order valence-corrected chi connectivity index (χ0v) is 12.1. The SMILES string of the molecule is CCC(=O)N1CCC2(CC1)CC(c1ccc(F)cc1)=NO2. The van der Waals surface area contributed by atoms with Crippen molar-refractivity contribution < 1.29 is 14.0 Å². The van der Waals surface area contributed by atoms with Crippen molar-refractivity contribution in [2.24, 2.45) is 5.16 Å². The lowest BCUT2D eigenvalue weighted by Gasteiger charge is -2.37. The molecule has 112 valence electrons. The van der Waals surface area contributed by atoms with Crippen LogP contribution >= 0.6 is 0 Å². The minimum Gasteiger partial charge on any atom is -0.388 e. The first-order chi connectivity index (χ1) is 10.1. The van der Waals surface area contributed by atoms with Gasteiger partial charge in [-0.2, -0.15) is 0 Å². The summed E-state index contributed by atoms with van der Waals surface area (Å²) in [5.41, 5.74) is 1.49. The Morgan fingerprint density at radius 1 is 1.33 bits per heavy atom. The predicted molar refractivity (Wildman–Crippen MR) is 77.5 cm³/mol. The molecule has 1 aromatic carbocycles. The summed E-state index contributed by atoms with van der Waals surface area (Å²) in [6.07, 6.45) is 2.87. The lowest BCUT2D eigenvalue weighted by molar-refractivity contribution is -0.136. The van der Waals surface area contributed by atoms with Gasteiger partial charge in [0, 0.05) is 38.8 Å². The van der Waals surface area contributed by atoms with Crippen LogP contribution in [0.1, 0.15) is 38.2 Å². The maximum atomic E-state index is 13.0. The fraction of sp³-hybridized carbons (Fsp3) is 0.500. The molecule has 0 aromatic heterocycles. The van der Waals surface area contributed by atoms with Crippen molar-refractivity contribution in [3.05, 3.63) is 35.6 Å². The molecule has 0 saturated carbocycles. The summed E-state index contributed by atoms with van der Waals surface area (Å²) in [7, 11) is 0. The summed E-state index contributed by atoms with van der Waals surface area (Å²) >= 11 is 0. The third-order valence-electron chi connectivity index (χ3n) is 4.35. The molecule has 3 rings (SSSR count). The van der Waals surface area contributed by atoms with Gasteiger partial charge in [0.25, 0.3) is 0 Å². The van der Waals surface area contributed by atoms with Gasteiger partial charge in [0.05, 0.1) is 5.71 Å². The Labute approximate surface area is 123 Å².